The van der Waals surface area contributed by atoms with Gasteiger partial charge in [-0.05, 0) is 32.9 Å². The van der Waals surface area contributed by atoms with Gasteiger partial charge in [-0.15, -0.1) is 0 Å². The van der Waals surface area contributed by atoms with Crippen molar-refractivity contribution in [3.8, 4) is 0 Å². The maximum absolute atomic E-state index is 7.73. The molecule has 0 radical (unpaired) electrons. The highest BCUT2D eigenvalue weighted by atomic mass is 16.5. The number of hydrogen-bond donors (Lipinski definition) is 2. The third-order valence-corrected chi connectivity index (χ3v) is 3.36. The first-order chi connectivity index (χ1) is 8.49. The molecule has 0 saturated carbocycles. The fourth-order valence-electron chi connectivity index (χ4n) is 2.35. The van der Waals surface area contributed by atoms with E-state index in [1.54, 1.807) is 0 Å². The van der Waals surface area contributed by atoms with E-state index in [4.69, 9.17) is 15.9 Å². The maximum atomic E-state index is 7.73. The van der Waals surface area contributed by atoms with Crippen molar-refractivity contribution in [1.82, 2.24) is 0 Å². The predicted octanol–water partition coefficient (Wildman–Crippen LogP) is 1.89. The minimum Gasteiger partial charge on any atom is -0.384 e. The number of nitrogens with one attached hydrogen (secondary N) is 1. The monoisotopic (exact) mass is 247 g/mol. The van der Waals surface area contributed by atoms with Crippen molar-refractivity contribution in [2.75, 3.05) is 18.1 Å². The van der Waals surface area contributed by atoms with Gasteiger partial charge in [-0.1, -0.05) is 11.6 Å². The summed E-state index contributed by atoms with van der Waals surface area (Å²) in [6, 6.07) is 6.40. The molecule has 1 aliphatic rings. The van der Waals surface area contributed by atoms with Gasteiger partial charge >= 0.3 is 0 Å². The highest BCUT2D eigenvalue weighted by molar-refractivity contribution is 6.00. The van der Waals surface area contributed by atoms with Crippen LogP contribution in [0, 0.1) is 12.3 Å². The summed E-state index contributed by atoms with van der Waals surface area (Å²) in [6.07, 6.45) is 0.210. The summed E-state index contributed by atoms with van der Waals surface area (Å²) in [5, 5.41) is 7.73. The quantitative estimate of drug-likeness (QED) is 0.619. The lowest BCUT2D eigenvalue weighted by molar-refractivity contribution is 0.0343. The van der Waals surface area contributed by atoms with Gasteiger partial charge in [-0.3, -0.25) is 5.41 Å². The van der Waals surface area contributed by atoms with Gasteiger partial charge in [0.25, 0.3) is 0 Å². The molecule has 0 amide bonds. The highest BCUT2D eigenvalue weighted by Crippen LogP contribution is 2.26. The normalized spacial score (nSPS) is 24.1. The van der Waals surface area contributed by atoms with E-state index in [0.29, 0.717) is 12.6 Å². The average molecular weight is 247 g/mol. The van der Waals surface area contributed by atoms with Gasteiger partial charge in [0.1, 0.15) is 5.84 Å². The number of nitrogens with two attached hydrogens (primary N) is 1. The van der Waals surface area contributed by atoms with E-state index in [9.17, 15) is 0 Å². The Morgan fingerprint density at radius 3 is 2.83 bits per heavy atom. The van der Waals surface area contributed by atoms with Crippen molar-refractivity contribution >= 4 is 11.5 Å². The lowest BCUT2D eigenvalue weighted by Crippen LogP contribution is -2.48. The van der Waals surface area contributed by atoms with Gasteiger partial charge in [0.05, 0.1) is 12.7 Å². The van der Waals surface area contributed by atoms with Crippen LogP contribution in [0.1, 0.15) is 25.0 Å². The molecular weight excluding hydrogens is 226 g/mol. The first-order valence-corrected chi connectivity index (χ1v) is 6.32. The van der Waals surface area contributed by atoms with Crippen LogP contribution in [-0.2, 0) is 4.74 Å². The molecule has 2 atom stereocenters. The molecule has 1 heterocycles. The number of benzene rings is 1. The van der Waals surface area contributed by atoms with Crippen LogP contribution < -0.4 is 10.6 Å². The Balaban J connectivity index is 2.40. The second kappa shape index (κ2) is 4.98. The third kappa shape index (κ3) is 2.48. The fraction of sp³-hybridized carbons (Fsp3) is 0.500. The molecule has 4 nitrogen and oxygen atoms in total. The molecule has 0 spiro atoms. The second-order valence-electron chi connectivity index (χ2n) is 5.08. The van der Waals surface area contributed by atoms with E-state index in [0.717, 1.165) is 23.4 Å². The van der Waals surface area contributed by atoms with Gasteiger partial charge in [-0.25, -0.2) is 0 Å². The molecule has 1 aromatic rings. The van der Waals surface area contributed by atoms with Crippen LogP contribution in [0.15, 0.2) is 18.2 Å². The standard InChI is InChI=1S/C14H21N3O/c1-9-4-5-13(12(6-9)14(15)16)17-7-11(3)18-8-10(17)2/h4-6,10-11H,7-8H2,1-3H3,(H3,15,16). The lowest BCUT2D eigenvalue weighted by atomic mass is 10.0. The number of rotatable bonds is 2. The molecule has 1 saturated heterocycles. The highest BCUT2D eigenvalue weighted by Gasteiger charge is 2.25. The van der Waals surface area contributed by atoms with Crippen molar-refractivity contribution in [2.45, 2.75) is 32.9 Å². The summed E-state index contributed by atoms with van der Waals surface area (Å²) in [5.41, 5.74) is 8.67. The summed E-state index contributed by atoms with van der Waals surface area (Å²) in [5.74, 6) is 0.125. The Bertz CT molecular complexity index is 458. The molecule has 2 rings (SSSR count). The van der Waals surface area contributed by atoms with Crippen molar-refractivity contribution in [2.24, 2.45) is 5.73 Å². The van der Waals surface area contributed by atoms with Crippen LogP contribution in [0.25, 0.3) is 0 Å². The van der Waals surface area contributed by atoms with Crippen LogP contribution in [-0.4, -0.2) is 31.1 Å². The van der Waals surface area contributed by atoms with Gasteiger partial charge in [0.2, 0.25) is 0 Å². The zero-order valence-electron chi connectivity index (χ0n) is 11.2. The Kier molecular flexibility index (Phi) is 3.57. The van der Waals surface area contributed by atoms with E-state index in [1.165, 1.54) is 0 Å². The Morgan fingerprint density at radius 1 is 1.44 bits per heavy atom. The number of anilines is 1. The van der Waals surface area contributed by atoms with E-state index >= 15 is 0 Å². The summed E-state index contributed by atoms with van der Waals surface area (Å²) in [7, 11) is 0. The Labute approximate surface area is 108 Å². The van der Waals surface area contributed by atoms with Crippen LogP contribution in [0.3, 0.4) is 0 Å². The average Bonchev–Trinajstić information content (AvgIpc) is 2.32. The summed E-state index contributed by atoms with van der Waals surface area (Å²) in [4.78, 5) is 2.28. The SMILES string of the molecule is Cc1ccc(N2CC(C)OCC2C)c(C(=N)N)c1. The van der Waals surface area contributed by atoms with Crippen LogP contribution in [0.4, 0.5) is 5.69 Å². The molecule has 2 unspecified atom stereocenters. The van der Waals surface area contributed by atoms with E-state index in [1.807, 2.05) is 13.0 Å². The molecule has 18 heavy (non-hydrogen) atoms. The molecule has 3 N–H and O–H groups in total. The number of aryl methyl sites for hydroxylation is 1. The number of hydrogen-bond acceptors (Lipinski definition) is 3. The minimum absolute atomic E-state index is 0.125. The van der Waals surface area contributed by atoms with Crippen LogP contribution in [0.5, 0.6) is 0 Å². The fourth-order valence-corrected chi connectivity index (χ4v) is 2.35. The van der Waals surface area contributed by atoms with Crippen molar-refractivity contribution in [3.63, 3.8) is 0 Å². The molecular formula is C14H21N3O. The molecule has 0 bridgehead atoms. The molecule has 0 aromatic heterocycles. The van der Waals surface area contributed by atoms with Gasteiger partial charge in [0, 0.05) is 23.8 Å². The summed E-state index contributed by atoms with van der Waals surface area (Å²) >= 11 is 0. The summed E-state index contributed by atoms with van der Waals surface area (Å²) < 4.78 is 5.64. The maximum Gasteiger partial charge on any atom is 0.124 e. The third-order valence-electron chi connectivity index (χ3n) is 3.36. The van der Waals surface area contributed by atoms with Gasteiger partial charge in [-0.2, -0.15) is 0 Å². The van der Waals surface area contributed by atoms with Crippen molar-refractivity contribution in [3.05, 3.63) is 29.3 Å². The zero-order chi connectivity index (χ0) is 13.3. The zero-order valence-corrected chi connectivity index (χ0v) is 11.2. The molecule has 4 heteroatoms. The first kappa shape index (κ1) is 12.9. The summed E-state index contributed by atoms with van der Waals surface area (Å²) in [6.45, 7) is 7.77. The molecule has 1 aromatic carbocycles. The van der Waals surface area contributed by atoms with Gasteiger partial charge < -0.3 is 15.4 Å². The van der Waals surface area contributed by atoms with Crippen molar-refractivity contribution in [1.29, 1.82) is 5.41 Å². The first-order valence-electron chi connectivity index (χ1n) is 6.32. The Hall–Kier alpha value is -1.55. The number of ether oxygens (including phenoxy) is 1. The molecule has 1 fully saturated rings. The van der Waals surface area contributed by atoms with Crippen molar-refractivity contribution < 1.29 is 4.74 Å². The molecule has 98 valence electrons. The number of nitrogen functional groups attached to an aromatic ring is 1. The number of amidine groups is 1. The number of nitrogens with zero attached hydrogens (tertiary/aromatic N) is 1. The van der Waals surface area contributed by atoms with Crippen LogP contribution in [0.2, 0.25) is 0 Å². The molecule has 1 aliphatic heterocycles. The minimum atomic E-state index is 0.125. The molecule has 0 aliphatic carbocycles. The van der Waals surface area contributed by atoms with Gasteiger partial charge in [0.15, 0.2) is 0 Å². The lowest BCUT2D eigenvalue weighted by Gasteiger charge is -2.39. The van der Waals surface area contributed by atoms with E-state index < -0.39 is 0 Å². The van der Waals surface area contributed by atoms with Crippen LogP contribution >= 0.6 is 0 Å². The van der Waals surface area contributed by atoms with E-state index in [2.05, 4.69) is 30.9 Å². The van der Waals surface area contributed by atoms with E-state index in [-0.39, 0.29) is 11.9 Å². The second-order valence-corrected chi connectivity index (χ2v) is 5.08. The largest absolute Gasteiger partial charge is 0.384 e. The predicted molar refractivity (Wildman–Crippen MR) is 74.4 cm³/mol. The topological polar surface area (TPSA) is 62.3 Å². The smallest absolute Gasteiger partial charge is 0.124 e. The Morgan fingerprint density at radius 2 is 2.17 bits per heavy atom. The number of morpholine rings is 1.